The summed E-state index contributed by atoms with van der Waals surface area (Å²) in [5, 5.41) is 0. The number of amides is 1. The number of carbonyl (C=O) groups excluding carboxylic acids is 1. The van der Waals surface area contributed by atoms with E-state index >= 15 is 0 Å². The number of hydrogen-bond acceptors (Lipinski definition) is 3. The molecule has 1 aliphatic carbocycles. The molecule has 1 aromatic carbocycles. The van der Waals surface area contributed by atoms with Gasteiger partial charge in [0.05, 0.1) is 0 Å². The Kier molecular flexibility index (Phi) is 3.29. The van der Waals surface area contributed by atoms with Crippen molar-refractivity contribution in [3.63, 3.8) is 0 Å². The van der Waals surface area contributed by atoms with E-state index in [1.54, 1.807) is 4.90 Å². The van der Waals surface area contributed by atoms with Crippen molar-refractivity contribution in [2.75, 3.05) is 11.4 Å². The van der Waals surface area contributed by atoms with E-state index in [1.165, 1.54) is 0 Å². The van der Waals surface area contributed by atoms with Crippen LogP contribution in [-0.4, -0.2) is 23.7 Å². The minimum Gasteiger partial charge on any atom is -0.445 e. The van der Waals surface area contributed by atoms with Gasteiger partial charge in [-0.2, -0.15) is 0 Å². The minimum absolute atomic E-state index is 0.118. The second kappa shape index (κ2) is 5.44. The second-order valence-electron chi connectivity index (χ2n) is 5.99. The van der Waals surface area contributed by atoms with E-state index in [4.69, 9.17) is 4.74 Å². The van der Waals surface area contributed by atoms with E-state index in [0.717, 1.165) is 36.9 Å². The number of pyridine rings is 1. The van der Waals surface area contributed by atoms with Gasteiger partial charge in [0.25, 0.3) is 0 Å². The fourth-order valence-electron chi connectivity index (χ4n) is 3.40. The SMILES string of the molecule is O=C1O[C@H]2CCC[C@H]2CN1c1ccc(-c2ccccc2)cn1. The molecule has 2 atom stereocenters. The predicted octanol–water partition coefficient (Wildman–Crippen LogP) is 3.87. The average Bonchev–Trinajstić information content (AvgIpc) is 3.02. The zero-order valence-electron chi connectivity index (χ0n) is 12.3. The van der Waals surface area contributed by atoms with E-state index in [2.05, 4.69) is 17.1 Å². The van der Waals surface area contributed by atoms with Crippen LogP contribution in [-0.2, 0) is 4.74 Å². The lowest BCUT2D eigenvalue weighted by Gasteiger charge is -2.33. The first-order valence-electron chi connectivity index (χ1n) is 7.81. The average molecular weight is 294 g/mol. The van der Waals surface area contributed by atoms with Crippen LogP contribution in [0.4, 0.5) is 10.6 Å². The van der Waals surface area contributed by atoms with E-state index in [9.17, 15) is 4.79 Å². The van der Waals surface area contributed by atoms with Crippen LogP contribution in [0.5, 0.6) is 0 Å². The lowest BCUT2D eigenvalue weighted by atomic mass is 10.0. The summed E-state index contributed by atoms with van der Waals surface area (Å²) in [5.74, 6) is 1.13. The topological polar surface area (TPSA) is 42.4 Å². The first-order chi connectivity index (χ1) is 10.8. The maximum absolute atomic E-state index is 12.2. The molecule has 1 saturated carbocycles. The molecule has 0 unspecified atom stereocenters. The maximum atomic E-state index is 12.2. The zero-order valence-corrected chi connectivity index (χ0v) is 12.3. The summed E-state index contributed by atoms with van der Waals surface area (Å²) in [5.41, 5.74) is 2.17. The first kappa shape index (κ1) is 13.3. The molecule has 2 heterocycles. The molecule has 0 bridgehead atoms. The van der Waals surface area contributed by atoms with Gasteiger partial charge in [0.15, 0.2) is 0 Å². The van der Waals surface area contributed by atoms with E-state index in [-0.39, 0.29) is 12.2 Å². The van der Waals surface area contributed by atoms with Crippen molar-refractivity contribution in [2.45, 2.75) is 25.4 Å². The van der Waals surface area contributed by atoms with Gasteiger partial charge in [-0.25, -0.2) is 9.78 Å². The number of benzene rings is 1. The predicted molar refractivity (Wildman–Crippen MR) is 84.6 cm³/mol. The summed E-state index contributed by atoms with van der Waals surface area (Å²) in [7, 11) is 0. The van der Waals surface area contributed by atoms with Crippen LogP contribution in [0.2, 0.25) is 0 Å². The number of hydrogen-bond donors (Lipinski definition) is 0. The molecule has 1 aromatic heterocycles. The molecule has 1 amide bonds. The molecule has 0 spiro atoms. The Labute approximate surface area is 129 Å². The lowest BCUT2D eigenvalue weighted by Crippen LogP contribution is -2.46. The number of anilines is 1. The van der Waals surface area contributed by atoms with Crippen LogP contribution < -0.4 is 4.90 Å². The van der Waals surface area contributed by atoms with Gasteiger partial charge in [0.1, 0.15) is 11.9 Å². The van der Waals surface area contributed by atoms with Gasteiger partial charge in [0, 0.05) is 24.2 Å². The van der Waals surface area contributed by atoms with Gasteiger partial charge in [-0.1, -0.05) is 30.3 Å². The Hall–Kier alpha value is -2.36. The molecule has 4 heteroatoms. The smallest absolute Gasteiger partial charge is 0.415 e. The monoisotopic (exact) mass is 294 g/mol. The fourth-order valence-corrected chi connectivity index (χ4v) is 3.40. The number of aromatic nitrogens is 1. The van der Waals surface area contributed by atoms with Crippen molar-refractivity contribution in [3.8, 4) is 11.1 Å². The number of fused-ring (bicyclic) bond motifs is 1. The third-order valence-corrected chi connectivity index (χ3v) is 4.61. The Morgan fingerprint density at radius 1 is 1.05 bits per heavy atom. The van der Waals surface area contributed by atoms with Gasteiger partial charge in [-0.15, -0.1) is 0 Å². The van der Waals surface area contributed by atoms with E-state index in [1.807, 2.05) is 36.5 Å². The molecule has 2 aliphatic rings. The second-order valence-corrected chi connectivity index (χ2v) is 5.99. The highest BCUT2D eigenvalue weighted by atomic mass is 16.6. The molecule has 2 fully saturated rings. The Bertz CT molecular complexity index is 669. The van der Waals surface area contributed by atoms with Crippen LogP contribution in [0.3, 0.4) is 0 Å². The third kappa shape index (κ3) is 2.34. The maximum Gasteiger partial charge on any atom is 0.415 e. The standard InChI is InChI=1S/C18H18N2O2/c21-18-20(12-15-7-4-8-16(15)22-18)17-10-9-14(11-19-17)13-5-2-1-3-6-13/h1-3,5-6,9-11,15-16H,4,7-8,12H2/t15-,16-/m0/s1. The highest BCUT2D eigenvalue weighted by Gasteiger charge is 2.39. The number of carbonyl (C=O) groups is 1. The van der Waals surface area contributed by atoms with Gasteiger partial charge < -0.3 is 4.74 Å². The molecule has 0 N–H and O–H groups in total. The van der Waals surface area contributed by atoms with Crippen molar-refractivity contribution in [1.82, 2.24) is 4.98 Å². The largest absolute Gasteiger partial charge is 0.445 e. The third-order valence-electron chi connectivity index (χ3n) is 4.61. The molecule has 22 heavy (non-hydrogen) atoms. The van der Waals surface area contributed by atoms with Gasteiger partial charge in [0.2, 0.25) is 0 Å². The number of nitrogens with zero attached hydrogens (tertiary/aromatic N) is 2. The van der Waals surface area contributed by atoms with Crippen molar-refractivity contribution < 1.29 is 9.53 Å². The van der Waals surface area contributed by atoms with Gasteiger partial charge in [-0.05, 0) is 37.0 Å². The molecular weight excluding hydrogens is 276 g/mol. The molecule has 4 nitrogen and oxygen atoms in total. The minimum atomic E-state index is -0.261. The quantitative estimate of drug-likeness (QED) is 0.844. The Morgan fingerprint density at radius 3 is 2.68 bits per heavy atom. The summed E-state index contributed by atoms with van der Waals surface area (Å²) in [6.07, 6.45) is 4.96. The van der Waals surface area contributed by atoms with E-state index in [0.29, 0.717) is 11.7 Å². The molecule has 2 aromatic rings. The summed E-state index contributed by atoms with van der Waals surface area (Å²) in [6.45, 7) is 0.723. The normalized spacial score (nSPS) is 24.0. The van der Waals surface area contributed by atoms with E-state index < -0.39 is 0 Å². The molecule has 1 aliphatic heterocycles. The van der Waals surface area contributed by atoms with Crippen LogP contribution >= 0.6 is 0 Å². The molecule has 112 valence electrons. The van der Waals surface area contributed by atoms with Crippen molar-refractivity contribution >= 4 is 11.9 Å². The highest BCUT2D eigenvalue weighted by molar-refractivity contribution is 5.87. The molecule has 4 rings (SSSR count). The summed E-state index contributed by atoms with van der Waals surface area (Å²) >= 11 is 0. The number of rotatable bonds is 2. The number of ether oxygens (including phenoxy) is 1. The summed E-state index contributed by atoms with van der Waals surface area (Å²) in [4.78, 5) is 18.3. The molecule has 1 saturated heterocycles. The van der Waals surface area contributed by atoms with Crippen molar-refractivity contribution in [1.29, 1.82) is 0 Å². The summed E-state index contributed by atoms with van der Waals surface area (Å²) in [6, 6.07) is 14.0. The molecule has 0 radical (unpaired) electrons. The van der Waals surface area contributed by atoms with Crippen LogP contribution in [0, 0.1) is 5.92 Å². The van der Waals surface area contributed by atoms with Crippen molar-refractivity contribution in [2.24, 2.45) is 5.92 Å². The van der Waals surface area contributed by atoms with Crippen molar-refractivity contribution in [3.05, 3.63) is 48.7 Å². The van der Waals surface area contributed by atoms with Gasteiger partial charge >= 0.3 is 6.09 Å². The van der Waals surface area contributed by atoms with Crippen LogP contribution in [0.1, 0.15) is 19.3 Å². The lowest BCUT2D eigenvalue weighted by molar-refractivity contribution is 0.0633. The Morgan fingerprint density at radius 2 is 1.91 bits per heavy atom. The first-order valence-corrected chi connectivity index (χ1v) is 7.81. The van der Waals surface area contributed by atoms with Crippen LogP contribution in [0.25, 0.3) is 11.1 Å². The molecular formula is C18H18N2O2. The zero-order chi connectivity index (χ0) is 14.9. The Balaban J connectivity index is 1.57. The fraction of sp³-hybridized carbons (Fsp3) is 0.333. The van der Waals surface area contributed by atoms with Crippen LogP contribution in [0.15, 0.2) is 48.7 Å². The van der Waals surface area contributed by atoms with Gasteiger partial charge in [-0.3, -0.25) is 4.90 Å². The summed E-state index contributed by atoms with van der Waals surface area (Å²) < 4.78 is 5.54. The highest BCUT2D eigenvalue weighted by Crippen LogP contribution is 2.34.